The van der Waals surface area contributed by atoms with Crippen molar-refractivity contribution in [2.24, 2.45) is 16.5 Å². The fourth-order valence-electron chi connectivity index (χ4n) is 10.9. The third kappa shape index (κ3) is 9.73. The molecular formula is C49H61F2N9O5S2. The lowest BCUT2D eigenvalue weighted by Crippen LogP contribution is -2.69. The van der Waals surface area contributed by atoms with E-state index in [4.69, 9.17) is 15.1 Å². The van der Waals surface area contributed by atoms with Crippen LogP contribution in [0, 0.1) is 17.2 Å². The number of hydrogen-bond acceptors (Lipinski definition) is 12. The Morgan fingerprint density at radius 3 is 2.34 bits per heavy atom. The van der Waals surface area contributed by atoms with Gasteiger partial charge in [-0.3, -0.25) is 19.7 Å². The van der Waals surface area contributed by atoms with E-state index in [1.165, 1.54) is 17.4 Å². The molecule has 9 rings (SSSR count). The molecule has 1 saturated carbocycles. The highest BCUT2D eigenvalue weighted by Gasteiger charge is 2.57. The van der Waals surface area contributed by atoms with Crippen LogP contribution in [0.2, 0.25) is 0 Å². The number of nitrogens with zero attached hydrogens (tertiary/aromatic N) is 6. The Balaban J connectivity index is 0.748. The van der Waals surface area contributed by atoms with Gasteiger partial charge in [-0.1, -0.05) is 52.0 Å². The van der Waals surface area contributed by atoms with Crippen LogP contribution < -0.4 is 20.7 Å². The first-order valence-corrected chi connectivity index (χ1v) is 26.0. The second kappa shape index (κ2) is 18.2. The average molecular weight is 958 g/mol. The second-order valence-electron chi connectivity index (χ2n) is 20.6. The van der Waals surface area contributed by atoms with Crippen LogP contribution in [-0.2, 0) is 29.8 Å². The van der Waals surface area contributed by atoms with E-state index in [1.807, 2.05) is 32.9 Å². The third-order valence-electron chi connectivity index (χ3n) is 14.6. The molecular weight excluding hydrogens is 897 g/mol. The molecule has 5 aliphatic rings. The molecule has 2 aromatic carbocycles. The van der Waals surface area contributed by atoms with Crippen LogP contribution >= 0.6 is 11.3 Å². The Morgan fingerprint density at radius 1 is 1.00 bits per heavy atom. The average Bonchev–Trinajstić information content (AvgIpc) is 3.72. The number of alkyl halides is 1. The van der Waals surface area contributed by atoms with Gasteiger partial charge in [-0.2, -0.15) is 0 Å². The Morgan fingerprint density at radius 2 is 1.70 bits per heavy atom. The number of anilines is 2. The summed E-state index contributed by atoms with van der Waals surface area (Å²) < 4.78 is 57.4. The van der Waals surface area contributed by atoms with Gasteiger partial charge in [0.25, 0.3) is 5.91 Å². The van der Waals surface area contributed by atoms with Crippen molar-refractivity contribution in [3.63, 3.8) is 0 Å². The topological polar surface area (TPSA) is 184 Å². The lowest BCUT2D eigenvalue weighted by molar-refractivity contribution is -0.166. The number of rotatable bonds is 12. The fourth-order valence-corrected chi connectivity index (χ4v) is 13.0. The maximum absolute atomic E-state index is 16.3. The van der Waals surface area contributed by atoms with E-state index in [2.05, 4.69) is 37.6 Å². The number of imide groups is 1. The molecule has 2 unspecified atom stereocenters. The number of halogens is 2. The monoisotopic (exact) mass is 957 g/mol. The molecule has 67 heavy (non-hydrogen) atoms. The minimum Gasteiger partial charge on any atom is -0.372 e. The predicted molar refractivity (Wildman–Crippen MR) is 255 cm³/mol. The molecule has 4 aromatic rings. The Bertz CT molecular complexity index is 2630. The van der Waals surface area contributed by atoms with Gasteiger partial charge < -0.3 is 20.0 Å². The number of amides is 3. The zero-order valence-corrected chi connectivity index (χ0v) is 40.3. The zero-order chi connectivity index (χ0) is 47.5. The fraction of sp³-hybridized carbons (Fsp3) is 0.551. The highest BCUT2D eigenvalue weighted by molar-refractivity contribution is 7.89. The van der Waals surface area contributed by atoms with Gasteiger partial charge in [-0.25, -0.2) is 37.3 Å². The minimum absolute atomic E-state index is 0.00140. The quantitative estimate of drug-likeness (QED) is 0.123. The number of hydrogen-bond donors (Lipinski definition) is 3. The summed E-state index contributed by atoms with van der Waals surface area (Å²) in [5.74, 6) is -0.869. The van der Waals surface area contributed by atoms with Crippen molar-refractivity contribution in [2.75, 3.05) is 56.0 Å². The summed E-state index contributed by atoms with van der Waals surface area (Å²) in [5.41, 5.74) is 0.889. The number of nitrogens with two attached hydrogens (primary N) is 1. The molecule has 5 fully saturated rings. The molecule has 2 atom stereocenters. The smallest absolute Gasteiger partial charge is 0.260 e. The molecule has 4 aliphatic heterocycles. The Labute approximate surface area is 395 Å². The normalized spacial score (nSPS) is 22.0. The number of nitrogens with one attached hydrogen (secondary N) is 2. The van der Waals surface area contributed by atoms with E-state index in [0.717, 1.165) is 61.6 Å². The van der Waals surface area contributed by atoms with Crippen molar-refractivity contribution in [1.29, 1.82) is 0 Å². The van der Waals surface area contributed by atoms with Crippen LogP contribution in [0.15, 0.2) is 54.7 Å². The number of aromatic nitrogens is 3. The lowest BCUT2D eigenvalue weighted by Gasteiger charge is -2.60. The maximum Gasteiger partial charge on any atom is 0.260 e. The van der Waals surface area contributed by atoms with Gasteiger partial charge in [0.2, 0.25) is 27.8 Å². The maximum atomic E-state index is 16.3. The van der Waals surface area contributed by atoms with Crippen molar-refractivity contribution < 1.29 is 31.6 Å². The van der Waals surface area contributed by atoms with Crippen molar-refractivity contribution in [1.82, 2.24) is 30.1 Å². The molecule has 1 spiro atoms. The van der Waals surface area contributed by atoms with E-state index < -0.39 is 26.8 Å². The number of primary sulfonamides is 1. The molecule has 18 heteroatoms. The van der Waals surface area contributed by atoms with Gasteiger partial charge in [-0.15, -0.1) is 11.3 Å². The lowest BCUT2D eigenvalue weighted by atomic mass is 9.60. The number of sulfonamides is 1. The standard InChI is InChI=1S/C49H61F2N9O5S2/c1-5-38(67(52,64)65)35-7-6-8-36(40(35)50)41-42(66-44(57-41)47(2,3)4)37-15-20-53-46(55-37)54-32-25-48(26-32)28-60(29-48)45(63)49(51)18-23-58(24-19-49)27-30-16-21-59(22-17-30)33-11-9-31(10-12-33)34-13-14-39(61)56-43(34)62/h6-12,15,20,30,32,34,38H,5,13-14,16-19,21-29H2,1-4H3,(H2,52,64,65)(H,53,54,55)(H,56,61,62). The van der Waals surface area contributed by atoms with Crippen LogP contribution in [0.25, 0.3) is 21.8 Å². The molecule has 358 valence electrons. The van der Waals surface area contributed by atoms with Crippen LogP contribution in [-0.4, -0.2) is 108 Å². The van der Waals surface area contributed by atoms with E-state index in [9.17, 15) is 22.8 Å². The van der Waals surface area contributed by atoms with Crippen molar-refractivity contribution in [2.45, 2.75) is 114 Å². The van der Waals surface area contributed by atoms with E-state index in [-0.39, 0.29) is 70.9 Å². The number of benzene rings is 2. The zero-order valence-electron chi connectivity index (χ0n) is 38.7. The molecule has 4 saturated heterocycles. The van der Waals surface area contributed by atoms with Crippen LogP contribution in [0.3, 0.4) is 0 Å². The van der Waals surface area contributed by atoms with Crippen molar-refractivity contribution in [3.05, 3.63) is 76.7 Å². The van der Waals surface area contributed by atoms with E-state index >= 15 is 8.78 Å². The summed E-state index contributed by atoms with van der Waals surface area (Å²) in [6, 6.07) is 14.6. The van der Waals surface area contributed by atoms with E-state index in [1.54, 1.807) is 36.2 Å². The summed E-state index contributed by atoms with van der Waals surface area (Å²) in [6.45, 7) is 12.7. The summed E-state index contributed by atoms with van der Waals surface area (Å²) in [6.07, 6.45) is 6.72. The number of carbonyl (C=O) groups excluding carboxylic acids is 3. The largest absolute Gasteiger partial charge is 0.372 e. The number of likely N-dealkylation sites (tertiary alicyclic amines) is 2. The first-order valence-electron chi connectivity index (χ1n) is 23.6. The third-order valence-corrected chi connectivity index (χ3v) is 17.5. The van der Waals surface area contributed by atoms with Crippen LogP contribution in [0.1, 0.15) is 113 Å². The summed E-state index contributed by atoms with van der Waals surface area (Å²) >= 11 is 1.41. The first-order chi connectivity index (χ1) is 31.8. The Kier molecular flexibility index (Phi) is 12.8. The summed E-state index contributed by atoms with van der Waals surface area (Å²) in [7, 11) is -4.06. The molecule has 6 heterocycles. The molecule has 2 aromatic heterocycles. The molecule has 1 aliphatic carbocycles. The highest BCUT2D eigenvalue weighted by Crippen LogP contribution is 2.51. The number of piperidine rings is 3. The van der Waals surface area contributed by atoms with Crippen LogP contribution in [0.4, 0.5) is 20.4 Å². The first kappa shape index (κ1) is 47.2. The van der Waals surface area contributed by atoms with Crippen molar-refractivity contribution in [3.8, 4) is 21.8 Å². The van der Waals surface area contributed by atoms with Gasteiger partial charge >= 0.3 is 0 Å². The van der Waals surface area contributed by atoms with E-state index in [0.29, 0.717) is 67.2 Å². The molecule has 0 bridgehead atoms. The number of thiazole rings is 1. The highest BCUT2D eigenvalue weighted by atomic mass is 32.2. The molecule has 3 amide bonds. The Hall–Kier alpha value is -4.91. The molecule has 14 nitrogen and oxygen atoms in total. The summed E-state index contributed by atoms with van der Waals surface area (Å²) in [5, 5.41) is 11.0. The van der Waals surface area contributed by atoms with Gasteiger partial charge in [0, 0.05) is 105 Å². The molecule has 0 radical (unpaired) electrons. The molecule has 4 N–H and O–H groups in total. The SMILES string of the molecule is CCC(c1cccc(-c2nc(C(C)(C)C)sc2-c2ccnc(NC3CC4(C3)CN(C(=O)C3(F)CCN(CC5CCN(c6ccc(C7CCC(=O)NC7=O)cc6)CC5)CC3)C4)n2)c1F)S(N)(=O)=O. The van der Waals surface area contributed by atoms with Crippen molar-refractivity contribution >= 4 is 50.7 Å². The number of carbonyl (C=O) groups is 3. The second-order valence-corrected chi connectivity index (χ2v) is 23.4. The predicted octanol–water partition coefficient (Wildman–Crippen LogP) is 7.09. The van der Waals surface area contributed by atoms with Gasteiger partial charge in [0.15, 0.2) is 5.67 Å². The summed E-state index contributed by atoms with van der Waals surface area (Å²) in [4.78, 5) is 58.7. The van der Waals surface area contributed by atoms with Gasteiger partial charge in [0.05, 0.1) is 27.2 Å². The van der Waals surface area contributed by atoms with Gasteiger partial charge in [-0.05, 0) is 74.3 Å². The van der Waals surface area contributed by atoms with Gasteiger partial charge in [0.1, 0.15) is 11.1 Å². The minimum atomic E-state index is -4.06. The van der Waals surface area contributed by atoms with Crippen LogP contribution in [0.5, 0.6) is 0 Å².